The average Bonchev–Trinajstić information content (AvgIpc) is 2.44. The zero-order valence-electron chi connectivity index (χ0n) is 11.8. The quantitative estimate of drug-likeness (QED) is 0.725. The van der Waals surface area contributed by atoms with E-state index >= 15 is 0 Å². The number of nitrogens with zero attached hydrogens (tertiary/aromatic N) is 2. The molecule has 0 saturated carbocycles. The van der Waals surface area contributed by atoms with Gasteiger partial charge in [0.05, 0.1) is 29.2 Å². The molecule has 1 heterocycles. The number of anilines is 1. The summed E-state index contributed by atoms with van der Waals surface area (Å²) in [4.78, 5) is 28.9. The standard InChI is InChI=1S/C13H20N4O2S/c1-3-6-15-11(18)8-17(2)13(19)9-20-12-5-4-10(14)7-16-12/h4-5,7H,3,6,8-9,14H2,1-2H3,(H,15,18). The van der Waals surface area contributed by atoms with E-state index in [1.54, 1.807) is 25.4 Å². The number of thioether (sulfide) groups is 1. The number of nitrogens with two attached hydrogens (primary N) is 1. The van der Waals surface area contributed by atoms with Crippen LogP contribution < -0.4 is 11.1 Å². The molecule has 0 aliphatic carbocycles. The van der Waals surface area contributed by atoms with Gasteiger partial charge in [-0.3, -0.25) is 9.59 Å². The van der Waals surface area contributed by atoms with E-state index in [0.29, 0.717) is 12.2 Å². The second kappa shape index (κ2) is 8.42. The Morgan fingerprint density at radius 1 is 1.45 bits per heavy atom. The van der Waals surface area contributed by atoms with Crippen LogP contribution in [-0.4, -0.2) is 47.6 Å². The average molecular weight is 296 g/mol. The third-order valence-electron chi connectivity index (χ3n) is 2.48. The fourth-order valence-electron chi connectivity index (χ4n) is 1.35. The van der Waals surface area contributed by atoms with Crippen LogP contribution in [0.1, 0.15) is 13.3 Å². The Hall–Kier alpha value is -1.76. The fraction of sp³-hybridized carbons (Fsp3) is 0.462. The minimum Gasteiger partial charge on any atom is -0.397 e. The van der Waals surface area contributed by atoms with E-state index in [2.05, 4.69) is 10.3 Å². The van der Waals surface area contributed by atoms with E-state index in [1.165, 1.54) is 16.7 Å². The SMILES string of the molecule is CCCNC(=O)CN(C)C(=O)CSc1ccc(N)cn1. The summed E-state index contributed by atoms with van der Waals surface area (Å²) in [6.07, 6.45) is 2.43. The summed E-state index contributed by atoms with van der Waals surface area (Å²) in [6, 6.07) is 3.50. The van der Waals surface area contributed by atoms with E-state index in [0.717, 1.165) is 11.4 Å². The van der Waals surface area contributed by atoms with Gasteiger partial charge < -0.3 is 16.0 Å². The van der Waals surface area contributed by atoms with Gasteiger partial charge >= 0.3 is 0 Å². The maximum absolute atomic E-state index is 11.9. The van der Waals surface area contributed by atoms with Crippen LogP contribution in [-0.2, 0) is 9.59 Å². The molecule has 7 heteroatoms. The third kappa shape index (κ3) is 5.92. The summed E-state index contributed by atoms with van der Waals surface area (Å²) in [7, 11) is 1.62. The van der Waals surface area contributed by atoms with E-state index in [9.17, 15) is 9.59 Å². The van der Waals surface area contributed by atoms with Crippen LogP contribution >= 0.6 is 11.8 Å². The molecule has 0 fully saturated rings. The Bertz CT molecular complexity index is 450. The number of amides is 2. The van der Waals surface area contributed by atoms with Gasteiger partial charge in [-0.2, -0.15) is 0 Å². The number of pyridine rings is 1. The summed E-state index contributed by atoms with van der Waals surface area (Å²) >= 11 is 1.32. The molecule has 0 aromatic carbocycles. The van der Waals surface area contributed by atoms with Crippen molar-refractivity contribution >= 4 is 29.3 Å². The zero-order valence-corrected chi connectivity index (χ0v) is 12.6. The smallest absolute Gasteiger partial charge is 0.239 e. The molecule has 0 spiro atoms. The maximum Gasteiger partial charge on any atom is 0.239 e. The first kappa shape index (κ1) is 16.3. The van der Waals surface area contributed by atoms with Crippen molar-refractivity contribution in [3.8, 4) is 0 Å². The summed E-state index contributed by atoms with van der Waals surface area (Å²) in [5.41, 5.74) is 6.12. The molecule has 0 bridgehead atoms. The number of hydrogen-bond donors (Lipinski definition) is 2. The Morgan fingerprint density at radius 2 is 2.20 bits per heavy atom. The highest BCUT2D eigenvalue weighted by Gasteiger charge is 2.13. The second-order valence-electron chi connectivity index (χ2n) is 4.32. The minimum atomic E-state index is -0.140. The molecule has 0 atom stereocenters. The summed E-state index contributed by atoms with van der Waals surface area (Å²) < 4.78 is 0. The van der Waals surface area contributed by atoms with E-state index in [4.69, 9.17) is 5.73 Å². The van der Waals surface area contributed by atoms with Crippen LogP contribution in [0.4, 0.5) is 5.69 Å². The lowest BCUT2D eigenvalue weighted by Crippen LogP contribution is -2.39. The Kier molecular flexibility index (Phi) is 6.86. The van der Waals surface area contributed by atoms with Crippen molar-refractivity contribution in [2.45, 2.75) is 18.4 Å². The lowest BCUT2D eigenvalue weighted by atomic mass is 10.4. The van der Waals surface area contributed by atoms with Gasteiger partial charge in [0.25, 0.3) is 0 Å². The van der Waals surface area contributed by atoms with Crippen molar-refractivity contribution in [3.63, 3.8) is 0 Å². The van der Waals surface area contributed by atoms with E-state index in [-0.39, 0.29) is 24.1 Å². The maximum atomic E-state index is 11.9. The summed E-state index contributed by atoms with van der Waals surface area (Å²) in [5.74, 6) is -0.00679. The first-order chi connectivity index (χ1) is 9.52. The van der Waals surface area contributed by atoms with Crippen LogP contribution in [0.15, 0.2) is 23.4 Å². The molecule has 20 heavy (non-hydrogen) atoms. The lowest BCUT2D eigenvalue weighted by Gasteiger charge is -2.16. The van der Waals surface area contributed by atoms with Gasteiger partial charge in [-0.1, -0.05) is 18.7 Å². The largest absolute Gasteiger partial charge is 0.397 e. The van der Waals surface area contributed by atoms with E-state index in [1.807, 2.05) is 6.92 Å². The monoisotopic (exact) mass is 296 g/mol. The van der Waals surface area contributed by atoms with Crippen LogP contribution in [0, 0.1) is 0 Å². The number of likely N-dealkylation sites (N-methyl/N-ethyl adjacent to an activating group) is 1. The Morgan fingerprint density at radius 3 is 2.80 bits per heavy atom. The number of carbonyl (C=O) groups excluding carboxylic acids is 2. The molecule has 0 aliphatic rings. The molecule has 2 amide bonds. The third-order valence-corrected chi connectivity index (χ3v) is 3.41. The summed E-state index contributed by atoms with van der Waals surface area (Å²) in [5, 5.41) is 3.47. The minimum absolute atomic E-state index is 0.0779. The van der Waals surface area contributed by atoms with Crippen molar-refractivity contribution in [2.24, 2.45) is 0 Å². The molecule has 0 aliphatic heterocycles. The van der Waals surface area contributed by atoms with Gasteiger partial charge in [-0.25, -0.2) is 4.98 Å². The molecular formula is C13H20N4O2S. The normalized spacial score (nSPS) is 10.1. The second-order valence-corrected chi connectivity index (χ2v) is 5.31. The van der Waals surface area contributed by atoms with Crippen molar-refractivity contribution in [1.82, 2.24) is 15.2 Å². The molecule has 6 nitrogen and oxygen atoms in total. The first-order valence-electron chi connectivity index (χ1n) is 6.38. The van der Waals surface area contributed by atoms with Crippen molar-refractivity contribution in [2.75, 3.05) is 31.6 Å². The number of carbonyl (C=O) groups is 2. The highest BCUT2D eigenvalue weighted by molar-refractivity contribution is 7.99. The predicted octanol–water partition coefficient (Wildman–Crippen LogP) is 0.740. The first-order valence-corrected chi connectivity index (χ1v) is 7.36. The van der Waals surface area contributed by atoms with E-state index < -0.39 is 0 Å². The van der Waals surface area contributed by atoms with Crippen molar-refractivity contribution < 1.29 is 9.59 Å². The molecule has 110 valence electrons. The van der Waals surface area contributed by atoms with Crippen LogP contribution in [0.5, 0.6) is 0 Å². The predicted molar refractivity (Wildman–Crippen MR) is 80.3 cm³/mol. The van der Waals surface area contributed by atoms with Gasteiger partial charge in [0.1, 0.15) is 0 Å². The highest BCUT2D eigenvalue weighted by atomic mass is 32.2. The van der Waals surface area contributed by atoms with Crippen molar-refractivity contribution in [1.29, 1.82) is 0 Å². The number of rotatable bonds is 7. The van der Waals surface area contributed by atoms with Gasteiger partial charge in [0.15, 0.2) is 0 Å². The van der Waals surface area contributed by atoms with Gasteiger partial charge in [0, 0.05) is 13.6 Å². The summed E-state index contributed by atoms with van der Waals surface area (Å²) in [6.45, 7) is 2.69. The molecule has 0 saturated heterocycles. The van der Waals surface area contributed by atoms with Gasteiger partial charge in [0.2, 0.25) is 11.8 Å². The molecule has 1 aromatic heterocycles. The van der Waals surface area contributed by atoms with Crippen LogP contribution in [0.25, 0.3) is 0 Å². The number of hydrogen-bond acceptors (Lipinski definition) is 5. The molecule has 3 N–H and O–H groups in total. The van der Waals surface area contributed by atoms with Crippen LogP contribution in [0.3, 0.4) is 0 Å². The Balaban J connectivity index is 2.34. The molecule has 0 radical (unpaired) electrons. The lowest BCUT2D eigenvalue weighted by molar-refractivity contribution is -0.132. The molecule has 1 rings (SSSR count). The van der Waals surface area contributed by atoms with Gasteiger partial charge in [-0.15, -0.1) is 0 Å². The number of aromatic nitrogens is 1. The van der Waals surface area contributed by atoms with Crippen LogP contribution in [0.2, 0.25) is 0 Å². The number of nitrogens with one attached hydrogen (secondary N) is 1. The zero-order chi connectivity index (χ0) is 15.0. The topological polar surface area (TPSA) is 88.3 Å². The molecule has 1 aromatic rings. The molecular weight excluding hydrogens is 276 g/mol. The number of nitrogen functional groups attached to an aromatic ring is 1. The van der Waals surface area contributed by atoms with Gasteiger partial charge in [-0.05, 0) is 18.6 Å². The highest BCUT2D eigenvalue weighted by Crippen LogP contribution is 2.16. The fourth-order valence-corrected chi connectivity index (χ4v) is 2.13. The Labute approximate surface area is 123 Å². The molecule has 0 unspecified atom stereocenters. The van der Waals surface area contributed by atoms with Crippen molar-refractivity contribution in [3.05, 3.63) is 18.3 Å².